The minimum atomic E-state index is 1.15. The van der Waals surface area contributed by atoms with Crippen molar-refractivity contribution in [2.75, 3.05) is 12.4 Å². The Morgan fingerprint density at radius 1 is 0.667 bits per heavy atom. The van der Waals surface area contributed by atoms with Gasteiger partial charge in [0, 0.05) is 18.3 Å². The lowest BCUT2D eigenvalue weighted by Gasteiger charge is -2.15. The fraction of sp³-hybridized carbons (Fsp3) is 0.100. The molecule has 0 unspecified atom stereocenters. The van der Waals surface area contributed by atoms with Gasteiger partial charge in [0.25, 0.3) is 0 Å². The average Bonchev–Trinajstić information content (AvgIpc) is 2.55. The van der Waals surface area contributed by atoms with E-state index in [1.807, 2.05) is 7.05 Å². The number of hydrogen-bond acceptors (Lipinski definition) is 1. The molecule has 0 aromatic heterocycles. The van der Waals surface area contributed by atoms with Crippen LogP contribution >= 0.6 is 0 Å². The van der Waals surface area contributed by atoms with Crippen LogP contribution in [0.1, 0.15) is 5.56 Å². The summed E-state index contributed by atoms with van der Waals surface area (Å²) in [5, 5.41) is 3.32. The fourth-order valence-corrected chi connectivity index (χ4v) is 2.65. The number of aryl methyl sites for hydroxylation is 1. The van der Waals surface area contributed by atoms with Crippen LogP contribution in [0.4, 0.5) is 5.69 Å². The minimum absolute atomic E-state index is 1.15. The summed E-state index contributed by atoms with van der Waals surface area (Å²) >= 11 is 0. The lowest BCUT2D eigenvalue weighted by molar-refractivity contribution is 1.46. The van der Waals surface area contributed by atoms with Crippen molar-refractivity contribution in [3.8, 4) is 22.3 Å². The van der Waals surface area contributed by atoms with Crippen molar-refractivity contribution in [2.45, 2.75) is 6.92 Å². The van der Waals surface area contributed by atoms with Gasteiger partial charge in [0.2, 0.25) is 0 Å². The molecule has 0 atom stereocenters. The van der Waals surface area contributed by atoms with Crippen LogP contribution in [-0.4, -0.2) is 7.05 Å². The summed E-state index contributed by atoms with van der Waals surface area (Å²) < 4.78 is 0. The summed E-state index contributed by atoms with van der Waals surface area (Å²) in [5.74, 6) is 0. The molecule has 0 fully saturated rings. The smallest absolute Gasteiger partial charge is 0.0423 e. The molecule has 0 aliphatic carbocycles. The third kappa shape index (κ3) is 2.68. The van der Waals surface area contributed by atoms with Crippen molar-refractivity contribution >= 4 is 5.69 Å². The number of rotatable bonds is 3. The molecule has 0 radical (unpaired) electrons. The van der Waals surface area contributed by atoms with E-state index >= 15 is 0 Å². The van der Waals surface area contributed by atoms with E-state index in [0.717, 1.165) is 5.69 Å². The van der Waals surface area contributed by atoms with Crippen LogP contribution in [0.15, 0.2) is 72.8 Å². The maximum atomic E-state index is 3.32. The van der Waals surface area contributed by atoms with Crippen LogP contribution in [-0.2, 0) is 0 Å². The van der Waals surface area contributed by atoms with E-state index in [1.165, 1.54) is 27.8 Å². The molecule has 3 rings (SSSR count). The number of hydrogen-bond donors (Lipinski definition) is 1. The summed E-state index contributed by atoms with van der Waals surface area (Å²) in [7, 11) is 1.97. The largest absolute Gasteiger partial charge is 0.388 e. The summed E-state index contributed by atoms with van der Waals surface area (Å²) in [6, 6.07) is 25.7. The first-order valence-electron chi connectivity index (χ1n) is 7.23. The first kappa shape index (κ1) is 13.4. The van der Waals surface area contributed by atoms with E-state index in [9.17, 15) is 0 Å². The van der Waals surface area contributed by atoms with E-state index in [2.05, 4.69) is 85.0 Å². The van der Waals surface area contributed by atoms with Crippen molar-refractivity contribution in [3.63, 3.8) is 0 Å². The van der Waals surface area contributed by atoms with Crippen molar-refractivity contribution in [2.24, 2.45) is 0 Å². The predicted molar refractivity (Wildman–Crippen MR) is 91.6 cm³/mol. The molecule has 0 heterocycles. The molecule has 104 valence electrons. The zero-order valence-corrected chi connectivity index (χ0v) is 12.4. The van der Waals surface area contributed by atoms with E-state index < -0.39 is 0 Å². The molecule has 0 aliphatic rings. The Balaban J connectivity index is 2.23. The second-order valence-electron chi connectivity index (χ2n) is 5.21. The van der Waals surface area contributed by atoms with Gasteiger partial charge in [-0.1, -0.05) is 72.3 Å². The van der Waals surface area contributed by atoms with Crippen molar-refractivity contribution in [3.05, 3.63) is 78.4 Å². The standard InChI is InChI=1S/C20H19N/c1-15-11-13-16(14-12-15)18-9-6-10-19(21-2)20(18)17-7-4-3-5-8-17/h3-14,21H,1-2H3. The SMILES string of the molecule is CNc1cccc(-c2ccc(C)cc2)c1-c1ccccc1. The third-order valence-corrected chi connectivity index (χ3v) is 3.76. The summed E-state index contributed by atoms with van der Waals surface area (Å²) in [5.41, 5.74) is 7.43. The quantitative estimate of drug-likeness (QED) is 0.676. The molecule has 3 aromatic rings. The van der Waals surface area contributed by atoms with E-state index in [4.69, 9.17) is 0 Å². The van der Waals surface area contributed by atoms with E-state index in [1.54, 1.807) is 0 Å². The zero-order chi connectivity index (χ0) is 14.7. The number of anilines is 1. The van der Waals surface area contributed by atoms with Crippen LogP contribution in [0.5, 0.6) is 0 Å². The zero-order valence-electron chi connectivity index (χ0n) is 12.4. The van der Waals surface area contributed by atoms with Crippen molar-refractivity contribution in [1.82, 2.24) is 0 Å². The molecule has 0 aliphatic heterocycles. The molecule has 0 saturated heterocycles. The van der Waals surface area contributed by atoms with Crippen LogP contribution in [0, 0.1) is 6.92 Å². The highest BCUT2D eigenvalue weighted by Crippen LogP contribution is 2.37. The first-order valence-corrected chi connectivity index (χ1v) is 7.23. The Morgan fingerprint density at radius 2 is 1.38 bits per heavy atom. The summed E-state index contributed by atoms with van der Waals surface area (Å²) in [4.78, 5) is 0. The van der Waals surface area contributed by atoms with Crippen LogP contribution in [0.25, 0.3) is 22.3 Å². The molecule has 1 N–H and O–H groups in total. The first-order chi connectivity index (χ1) is 10.3. The Kier molecular flexibility index (Phi) is 3.74. The maximum Gasteiger partial charge on any atom is 0.0423 e. The lowest BCUT2D eigenvalue weighted by atomic mass is 9.92. The molecule has 0 bridgehead atoms. The highest BCUT2D eigenvalue weighted by molar-refractivity contribution is 5.91. The molecule has 3 aromatic carbocycles. The fourth-order valence-electron chi connectivity index (χ4n) is 2.65. The molecule has 21 heavy (non-hydrogen) atoms. The Labute approximate surface area is 126 Å². The molecule has 1 nitrogen and oxygen atoms in total. The highest BCUT2D eigenvalue weighted by Gasteiger charge is 2.11. The van der Waals surface area contributed by atoms with Gasteiger partial charge in [-0.15, -0.1) is 0 Å². The Morgan fingerprint density at radius 3 is 2.05 bits per heavy atom. The van der Waals surface area contributed by atoms with Gasteiger partial charge in [-0.3, -0.25) is 0 Å². The van der Waals surface area contributed by atoms with Crippen molar-refractivity contribution in [1.29, 1.82) is 0 Å². The minimum Gasteiger partial charge on any atom is -0.388 e. The van der Waals surface area contributed by atoms with Gasteiger partial charge >= 0.3 is 0 Å². The van der Waals surface area contributed by atoms with Gasteiger partial charge in [-0.25, -0.2) is 0 Å². The summed E-state index contributed by atoms with van der Waals surface area (Å²) in [6.07, 6.45) is 0. The number of nitrogens with one attached hydrogen (secondary N) is 1. The van der Waals surface area contributed by atoms with Crippen molar-refractivity contribution < 1.29 is 0 Å². The molecule has 0 spiro atoms. The van der Waals surface area contributed by atoms with E-state index in [-0.39, 0.29) is 0 Å². The third-order valence-electron chi connectivity index (χ3n) is 3.76. The van der Waals surface area contributed by atoms with Gasteiger partial charge in [0.05, 0.1) is 0 Å². The molecular weight excluding hydrogens is 254 g/mol. The predicted octanol–water partition coefficient (Wildman–Crippen LogP) is 5.37. The van der Waals surface area contributed by atoms with E-state index in [0.29, 0.717) is 0 Å². The van der Waals surface area contributed by atoms with Gasteiger partial charge < -0.3 is 5.32 Å². The Bertz CT molecular complexity index is 728. The molecule has 1 heteroatoms. The van der Waals surface area contributed by atoms with Gasteiger partial charge in [-0.05, 0) is 29.7 Å². The van der Waals surface area contributed by atoms with Gasteiger partial charge in [-0.2, -0.15) is 0 Å². The second kappa shape index (κ2) is 5.84. The molecular formula is C20H19N. The van der Waals surface area contributed by atoms with Crippen LogP contribution in [0.3, 0.4) is 0 Å². The highest BCUT2D eigenvalue weighted by atomic mass is 14.8. The maximum absolute atomic E-state index is 3.32. The summed E-state index contributed by atoms with van der Waals surface area (Å²) in [6.45, 7) is 2.12. The molecule has 0 amide bonds. The van der Waals surface area contributed by atoms with Gasteiger partial charge in [0.1, 0.15) is 0 Å². The van der Waals surface area contributed by atoms with Crippen LogP contribution in [0.2, 0.25) is 0 Å². The molecule has 0 saturated carbocycles. The topological polar surface area (TPSA) is 12.0 Å². The average molecular weight is 273 g/mol. The normalized spacial score (nSPS) is 10.4. The monoisotopic (exact) mass is 273 g/mol. The van der Waals surface area contributed by atoms with Gasteiger partial charge in [0.15, 0.2) is 0 Å². The Hall–Kier alpha value is -2.54. The lowest BCUT2D eigenvalue weighted by Crippen LogP contribution is -1.94. The number of benzene rings is 3. The van der Waals surface area contributed by atoms with Crippen LogP contribution < -0.4 is 5.32 Å². The second-order valence-corrected chi connectivity index (χ2v) is 5.21.